The highest BCUT2D eigenvalue weighted by atomic mass is 19.1. The SMILES string of the molecule is COCC(C)(C)c1c(C2CCC(F)(C(=O)O)CC2)c2nc3[nH]ncc3cc2n1-c1ccc(F)cc1. The Morgan fingerprint density at radius 2 is 1.97 bits per heavy atom. The summed E-state index contributed by atoms with van der Waals surface area (Å²) < 4.78 is 36.4. The molecule has 2 N–H and O–H groups in total. The molecule has 35 heavy (non-hydrogen) atoms. The lowest BCUT2D eigenvalue weighted by Crippen LogP contribution is -2.38. The van der Waals surface area contributed by atoms with Crippen molar-refractivity contribution in [2.45, 2.75) is 56.5 Å². The van der Waals surface area contributed by atoms with E-state index in [9.17, 15) is 18.7 Å². The van der Waals surface area contributed by atoms with Crippen LogP contribution in [0.1, 0.15) is 56.7 Å². The van der Waals surface area contributed by atoms with Gasteiger partial charge in [0.15, 0.2) is 5.65 Å². The van der Waals surface area contributed by atoms with Gasteiger partial charge in [-0.3, -0.25) is 5.10 Å². The number of carboxylic acid groups (broad SMARTS) is 1. The molecule has 3 aromatic heterocycles. The van der Waals surface area contributed by atoms with Gasteiger partial charge in [-0.15, -0.1) is 0 Å². The second kappa shape index (κ2) is 8.41. The topological polar surface area (TPSA) is 93.0 Å². The summed E-state index contributed by atoms with van der Waals surface area (Å²) in [6, 6.07) is 8.29. The van der Waals surface area contributed by atoms with Crippen LogP contribution in [-0.2, 0) is 14.9 Å². The summed E-state index contributed by atoms with van der Waals surface area (Å²) in [7, 11) is 1.64. The van der Waals surface area contributed by atoms with Crippen LogP contribution in [0.3, 0.4) is 0 Å². The average molecular weight is 483 g/mol. The number of hydrogen-bond acceptors (Lipinski definition) is 4. The maximum absolute atomic E-state index is 14.9. The summed E-state index contributed by atoms with van der Waals surface area (Å²) in [6.07, 6.45) is 2.34. The van der Waals surface area contributed by atoms with E-state index in [1.165, 1.54) is 12.1 Å². The molecule has 3 heterocycles. The number of aromatic nitrogens is 4. The van der Waals surface area contributed by atoms with Crippen molar-refractivity contribution in [1.82, 2.24) is 19.7 Å². The molecule has 5 rings (SSSR count). The van der Waals surface area contributed by atoms with Crippen LogP contribution < -0.4 is 0 Å². The van der Waals surface area contributed by atoms with E-state index in [2.05, 4.69) is 28.6 Å². The van der Waals surface area contributed by atoms with E-state index >= 15 is 0 Å². The molecule has 184 valence electrons. The van der Waals surface area contributed by atoms with Gasteiger partial charge >= 0.3 is 5.97 Å². The molecule has 1 aliphatic carbocycles. The summed E-state index contributed by atoms with van der Waals surface area (Å²) in [5.41, 5.74) is 2.18. The number of rotatable bonds is 6. The number of ether oxygens (including phenoxy) is 1. The van der Waals surface area contributed by atoms with Gasteiger partial charge in [0.05, 0.1) is 23.8 Å². The first kappa shape index (κ1) is 23.4. The van der Waals surface area contributed by atoms with Gasteiger partial charge in [-0.05, 0) is 61.9 Å². The number of carboxylic acids is 1. The highest BCUT2D eigenvalue weighted by Gasteiger charge is 2.45. The van der Waals surface area contributed by atoms with Crippen molar-refractivity contribution in [3.63, 3.8) is 0 Å². The second-order valence-corrected chi connectivity index (χ2v) is 10.1. The number of methoxy groups -OCH3 is 1. The number of alkyl halides is 1. The minimum Gasteiger partial charge on any atom is -0.479 e. The molecule has 1 aromatic carbocycles. The minimum absolute atomic E-state index is 0.0628. The van der Waals surface area contributed by atoms with Gasteiger partial charge in [0, 0.05) is 34.9 Å². The number of halogens is 2. The molecule has 0 spiro atoms. The minimum atomic E-state index is -2.21. The van der Waals surface area contributed by atoms with Crippen molar-refractivity contribution >= 4 is 28.0 Å². The zero-order valence-corrected chi connectivity index (χ0v) is 19.9. The third kappa shape index (κ3) is 3.87. The number of hydrogen-bond donors (Lipinski definition) is 2. The van der Waals surface area contributed by atoms with Crippen LogP contribution >= 0.6 is 0 Å². The first-order valence-corrected chi connectivity index (χ1v) is 11.7. The second-order valence-electron chi connectivity index (χ2n) is 10.1. The van der Waals surface area contributed by atoms with Crippen LogP contribution in [0.5, 0.6) is 0 Å². The summed E-state index contributed by atoms with van der Waals surface area (Å²) >= 11 is 0. The predicted molar refractivity (Wildman–Crippen MR) is 128 cm³/mol. The predicted octanol–water partition coefficient (Wildman–Crippen LogP) is 5.42. The standard InChI is InChI=1S/C26H28F2N4O3/c1-25(2,14-35-3)22-20(15-8-10-26(28,11-9-15)24(33)34)21-19(12-16-13-29-31-23(16)30-21)32(22)18-6-4-17(27)5-7-18/h4-7,12-13,15H,8-11,14H2,1-3H3,(H,33,34)(H,29,30,31). The summed E-state index contributed by atoms with van der Waals surface area (Å²) in [4.78, 5) is 16.4. The number of benzene rings is 1. The van der Waals surface area contributed by atoms with Crippen LogP contribution in [-0.4, -0.2) is 50.2 Å². The Morgan fingerprint density at radius 1 is 1.29 bits per heavy atom. The first-order valence-electron chi connectivity index (χ1n) is 11.7. The monoisotopic (exact) mass is 482 g/mol. The third-order valence-electron chi connectivity index (χ3n) is 7.18. The molecule has 1 saturated carbocycles. The lowest BCUT2D eigenvalue weighted by Gasteiger charge is -2.34. The number of aromatic amines is 1. The molecule has 7 nitrogen and oxygen atoms in total. The van der Waals surface area contributed by atoms with Gasteiger partial charge in [-0.2, -0.15) is 5.10 Å². The Kier molecular flexibility index (Phi) is 5.62. The number of fused-ring (bicyclic) bond motifs is 2. The number of carbonyl (C=O) groups is 1. The highest BCUT2D eigenvalue weighted by Crippen LogP contribution is 2.47. The zero-order chi connectivity index (χ0) is 25.0. The Bertz CT molecular complexity index is 1400. The molecule has 0 amide bonds. The van der Waals surface area contributed by atoms with Gasteiger partial charge in [-0.25, -0.2) is 18.6 Å². The highest BCUT2D eigenvalue weighted by molar-refractivity contribution is 5.94. The average Bonchev–Trinajstić information content (AvgIpc) is 3.41. The van der Waals surface area contributed by atoms with E-state index in [0.29, 0.717) is 25.1 Å². The number of aliphatic carboxylic acids is 1. The van der Waals surface area contributed by atoms with Crippen LogP contribution in [0.25, 0.3) is 27.8 Å². The van der Waals surface area contributed by atoms with Crippen molar-refractivity contribution < 1.29 is 23.4 Å². The maximum Gasteiger partial charge on any atom is 0.341 e. The molecule has 0 aliphatic heterocycles. The molecule has 0 unspecified atom stereocenters. The molecule has 0 bridgehead atoms. The van der Waals surface area contributed by atoms with Gasteiger partial charge in [0.2, 0.25) is 5.67 Å². The quantitative estimate of drug-likeness (QED) is 0.383. The van der Waals surface area contributed by atoms with Crippen LogP contribution in [0.2, 0.25) is 0 Å². The summed E-state index contributed by atoms with van der Waals surface area (Å²) in [6.45, 7) is 4.55. The Hall–Kier alpha value is -3.33. The van der Waals surface area contributed by atoms with E-state index in [1.807, 2.05) is 6.07 Å². The lowest BCUT2D eigenvalue weighted by atomic mass is 9.74. The molecule has 0 atom stereocenters. The molecular weight excluding hydrogens is 454 g/mol. The van der Waals surface area contributed by atoms with Gasteiger partial charge in [0.1, 0.15) is 5.82 Å². The third-order valence-corrected chi connectivity index (χ3v) is 7.18. The molecule has 4 aromatic rings. The fourth-order valence-electron chi connectivity index (χ4n) is 5.51. The van der Waals surface area contributed by atoms with Crippen LogP contribution in [0, 0.1) is 5.82 Å². The number of H-pyrrole nitrogens is 1. The molecule has 1 aliphatic rings. The molecule has 0 radical (unpaired) electrons. The molecule has 9 heteroatoms. The van der Waals surface area contributed by atoms with Gasteiger partial charge < -0.3 is 14.4 Å². The Labute approximate surface area is 201 Å². The summed E-state index contributed by atoms with van der Waals surface area (Å²) in [5.74, 6) is -1.83. The van der Waals surface area contributed by atoms with E-state index in [0.717, 1.165) is 33.4 Å². The van der Waals surface area contributed by atoms with Gasteiger partial charge in [0.25, 0.3) is 0 Å². The number of nitrogens with one attached hydrogen (secondary N) is 1. The molecule has 1 fully saturated rings. The fraction of sp³-hybridized carbons (Fsp3) is 0.423. The summed E-state index contributed by atoms with van der Waals surface area (Å²) in [5, 5.41) is 17.3. The van der Waals surface area contributed by atoms with Crippen molar-refractivity contribution in [2.24, 2.45) is 0 Å². The Balaban J connectivity index is 1.80. The lowest BCUT2D eigenvalue weighted by molar-refractivity contribution is -0.153. The fourth-order valence-corrected chi connectivity index (χ4v) is 5.51. The maximum atomic E-state index is 14.9. The van der Waals surface area contributed by atoms with Crippen molar-refractivity contribution in [3.8, 4) is 5.69 Å². The van der Waals surface area contributed by atoms with Crippen molar-refractivity contribution in [1.29, 1.82) is 0 Å². The van der Waals surface area contributed by atoms with Crippen molar-refractivity contribution in [2.75, 3.05) is 13.7 Å². The van der Waals surface area contributed by atoms with Crippen molar-refractivity contribution in [3.05, 3.63) is 53.6 Å². The molecular formula is C26H28F2N4O3. The largest absolute Gasteiger partial charge is 0.479 e. The van der Waals surface area contributed by atoms with Crippen LogP contribution in [0.15, 0.2) is 36.5 Å². The first-order chi connectivity index (χ1) is 16.6. The van der Waals surface area contributed by atoms with Gasteiger partial charge in [-0.1, -0.05) is 13.8 Å². The number of pyridine rings is 1. The normalized spacial score (nSPS) is 21.1. The Morgan fingerprint density at radius 3 is 2.60 bits per heavy atom. The zero-order valence-electron chi connectivity index (χ0n) is 19.9. The van der Waals surface area contributed by atoms with E-state index < -0.39 is 17.1 Å². The number of nitrogens with zero attached hydrogens (tertiary/aromatic N) is 3. The van der Waals surface area contributed by atoms with E-state index in [-0.39, 0.29) is 24.6 Å². The van der Waals surface area contributed by atoms with E-state index in [4.69, 9.17) is 9.72 Å². The molecule has 0 saturated heterocycles. The van der Waals surface area contributed by atoms with E-state index in [1.54, 1.807) is 25.4 Å². The smallest absolute Gasteiger partial charge is 0.341 e. The van der Waals surface area contributed by atoms with Crippen LogP contribution in [0.4, 0.5) is 8.78 Å².